The number of aryl methyl sites for hydroxylation is 1. The molecule has 2 aliphatic rings. The highest BCUT2D eigenvalue weighted by Crippen LogP contribution is 2.35. The molecular weight excluding hydrogens is 426 g/mol. The van der Waals surface area contributed by atoms with Gasteiger partial charge >= 0.3 is 0 Å². The molecule has 1 saturated heterocycles. The van der Waals surface area contributed by atoms with Gasteiger partial charge in [0.1, 0.15) is 0 Å². The predicted octanol–water partition coefficient (Wildman–Crippen LogP) is 2.83. The van der Waals surface area contributed by atoms with E-state index in [9.17, 15) is 4.79 Å². The van der Waals surface area contributed by atoms with Gasteiger partial charge in [-0.05, 0) is 50.6 Å². The van der Waals surface area contributed by atoms with E-state index in [0.717, 1.165) is 42.9 Å². The highest BCUT2D eigenvalue weighted by molar-refractivity contribution is 5.80. The molecule has 1 amide bonds. The summed E-state index contributed by atoms with van der Waals surface area (Å²) >= 11 is 0. The fourth-order valence-electron chi connectivity index (χ4n) is 5.26. The maximum absolute atomic E-state index is 13.9. The van der Waals surface area contributed by atoms with Crippen LogP contribution in [-0.2, 0) is 31.4 Å². The molecule has 3 aromatic rings. The third kappa shape index (κ3) is 4.68. The van der Waals surface area contributed by atoms with Crippen molar-refractivity contribution in [2.75, 3.05) is 25.5 Å². The van der Waals surface area contributed by atoms with Crippen LogP contribution in [0.25, 0.3) is 0 Å². The zero-order chi connectivity index (χ0) is 23.7. The average molecular weight is 460 g/mol. The van der Waals surface area contributed by atoms with Gasteiger partial charge in [-0.3, -0.25) is 9.48 Å². The van der Waals surface area contributed by atoms with Gasteiger partial charge in [0.15, 0.2) is 0 Å². The van der Waals surface area contributed by atoms with E-state index in [1.165, 1.54) is 5.56 Å². The number of anilines is 1. The minimum atomic E-state index is -0.00816. The van der Waals surface area contributed by atoms with Crippen molar-refractivity contribution >= 4 is 11.9 Å². The van der Waals surface area contributed by atoms with Crippen molar-refractivity contribution in [1.29, 1.82) is 0 Å². The number of piperidine rings is 1. The molecule has 3 atom stereocenters. The molecule has 1 aromatic carbocycles. The van der Waals surface area contributed by atoms with Crippen molar-refractivity contribution in [2.24, 2.45) is 13.0 Å². The first-order chi connectivity index (χ1) is 16.5. The first kappa shape index (κ1) is 22.5. The average Bonchev–Trinajstić information content (AvgIpc) is 3.27. The first-order valence-corrected chi connectivity index (χ1v) is 12.1. The fourth-order valence-corrected chi connectivity index (χ4v) is 5.26. The van der Waals surface area contributed by atoms with Gasteiger partial charge in [0.25, 0.3) is 0 Å². The lowest BCUT2D eigenvalue weighted by Crippen LogP contribution is -2.50. The summed E-state index contributed by atoms with van der Waals surface area (Å²) in [4.78, 5) is 27.6. The highest BCUT2D eigenvalue weighted by atomic mass is 16.2. The Morgan fingerprint density at radius 2 is 2.00 bits per heavy atom. The lowest BCUT2D eigenvalue weighted by molar-refractivity contribution is -0.141. The topological polar surface area (TPSA) is 79.2 Å². The van der Waals surface area contributed by atoms with Crippen molar-refractivity contribution in [3.63, 3.8) is 0 Å². The van der Waals surface area contributed by atoms with Gasteiger partial charge in [-0.1, -0.05) is 30.3 Å². The van der Waals surface area contributed by atoms with Gasteiger partial charge < -0.3 is 15.1 Å². The summed E-state index contributed by atoms with van der Waals surface area (Å²) in [6.07, 6.45) is 5.49. The van der Waals surface area contributed by atoms with E-state index >= 15 is 0 Å². The molecule has 8 heteroatoms. The zero-order valence-electron chi connectivity index (χ0n) is 20.2. The maximum Gasteiger partial charge on any atom is 0.227 e. The second-order valence-electron chi connectivity index (χ2n) is 9.69. The lowest BCUT2D eigenvalue weighted by Gasteiger charge is -2.42. The minimum Gasteiger partial charge on any atom is -0.348 e. The molecule has 0 saturated carbocycles. The number of carbonyl (C=O) groups excluding carboxylic acids is 1. The number of likely N-dealkylation sites (tertiary alicyclic amines) is 1. The number of nitrogens with zero attached hydrogens (tertiary/aromatic N) is 6. The normalized spacial score (nSPS) is 22.9. The van der Waals surface area contributed by atoms with Crippen LogP contribution >= 0.6 is 0 Å². The molecule has 2 aliphatic heterocycles. The second kappa shape index (κ2) is 9.54. The number of carbonyl (C=O) groups is 1. The highest BCUT2D eigenvalue weighted by Gasteiger charge is 2.39. The summed E-state index contributed by atoms with van der Waals surface area (Å²) in [5.74, 6) is 1.03. The summed E-state index contributed by atoms with van der Waals surface area (Å²) in [5, 5.41) is 7.66. The third-order valence-corrected chi connectivity index (χ3v) is 7.16. The Morgan fingerprint density at radius 3 is 2.76 bits per heavy atom. The Bertz CT molecular complexity index is 1150. The van der Waals surface area contributed by atoms with Gasteiger partial charge in [0.05, 0.1) is 24.5 Å². The van der Waals surface area contributed by atoms with Crippen LogP contribution in [0.1, 0.15) is 41.8 Å². The van der Waals surface area contributed by atoms with E-state index in [2.05, 4.69) is 58.5 Å². The first-order valence-electron chi connectivity index (χ1n) is 12.1. The van der Waals surface area contributed by atoms with Crippen LogP contribution in [0, 0.1) is 5.92 Å². The van der Waals surface area contributed by atoms with Crippen LogP contribution in [0.3, 0.4) is 0 Å². The van der Waals surface area contributed by atoms with Gasteiger partial charge in [-0.25, -0.2) is 9.97 Å². The number of hydrogen-bond acceptors (Lipinski definition) is 6. The zero-order valence-corrected chi connectivity index (χ0v) is 20.2. The van der Waals surface area contributed by atoms with E-state index in [1.54, 1.807) is 4.68 Å². The van der Waals surface area contributed by atoms with Crippen molar-refractivity contribution in [1.82, 2.24) is 29.5 Å². The molecular formula is C26H33N7O. The van der Waals surface area contributed by atoms with Crippen molar-refractivity contribution < 1.29 is 4.79 Å². The molecule has 0 radical (unpaired) electrons. The van der Waals surface area contributed by atoms with Gasteiger partial charge in [-0.15, -0.1) is 0 Å². The van der Waals surface area contributed by atoms with Crippen LogP contribution in [0.2, 0.25) is 0 Å². The second-order valence-corrected chi connectivity index (χ2v) is 9.69. The Morgan fingerprint density at radius 1 is 1.18 bits per heavy atom. The molecule has 8 nitrogen and oxygen atoms in total. The van der Waals surface area contributed by atoms with E-state index in [4.69, 9.17) is 4.98 Å². The maximum atomic E-state index is 13.9. The summed E-state index contributed by atoms with van der Waals surface area (Å²) < 4.78 is 1.78. The summed E-state index contributed by atoms with van der Waals surface area (Å²) in [6, 6.07) is 12.6. The molecule has 2 aromatic heterocycles. The largest absolute Gasteiger partial charge is 0.348 e. The van der Waals surface area contributed by atoms with Crippen molar-refractivity contribution in [2.45, 2.75) is 44.8 Å². The van der Waals surface area contributed by atoms with E-state index < -0.39 is 0 Å². The van der Waals surface area contributed by atoms with Crippen LogP contribution < -0.4 is 5.32 Å². The smallest absolute Gasteiger partial charge is 0.227 e. The van der Waals surface area contributed by atoms with E-state index in [1.807, 2.05) is 36.5 Å². The Balaban J connectivity index is 1.33. The Kier molecular flexibility index (Phi) is 6.32. The number of benzene rings is 1. The lowest BCUT2D eigenvalue weighted by atomic mass is 9.79. The Labute approximate surface area is 201 Å². The molecule has 0 unspecified atom stereocenters. The quantitative estimate of drug-likeness (QED) is 0.632. The number of amides is 1. The number of likely N-dealkylation sites (N-methyl/N-ethyl adjacent to an activating group) is 1. The van der Waals surface area contributed by atoms with Crippen molar-refractivity contribution in [3.8, 4) is 0 Å². The third-order valence-electron chi connectivity index (χ3n) is 7.16. The number of hydrogen-bond donors (Lipinski definition) is 1. The molecule has 4 heterocycles. The Hall–Kier alpha value is -3.26. The molecule has 1 fully saturated rings. The van der Waals surface area contributed by atoms with Crippen LogP contribution in [0.15, 0.2) is 48.8 Å². The summed E-state index contributed by atoms with van der Waals surface area (Å²) in [6.45, 7) is 5.09. The number of nitrogens with one attached hydrogen (secondary N) is 1. The molecule has 0 bridgehead atoms. The molecule has 5 rings (SSSR count). The monoisotopic (exact) mass is 459 g/mol. The van der Waals surface area contributed by atoms with Crippen molar-refractivity contribution in [3.05, 3.63) is 71.3 Å². The molecule has 178 valence electrons. The van der Waals surface area contributed by atoms with Gasteiger partial charge in [0, 0.05) is 43.9 Å². The molecule has 0 spiro atoms. The summed E-state index contributed by atoms with van der Waals surface area (Å²) in [5.41, 5.74) is 4.25. The summed E-state index contributed by atoms with van der Waals surface area (Å²) in [7, 11) is 4.05. The number of aromatic nitrogens is 4. The van der Waals surface area contributed by atoms with Crippen LogP contribution in [0.5, 0.6) is 0 Å². The van der Waals surface area contributed by atoms with E-state index in [-0.39, 0.29) is 23.8 Å². The van der Waals surface area contributed by atoms with E-state index in [0.29, 0.717) is 19.0 Å². The van der Waals surface area contributed by atoms with Gasteiger partial charge in [0.2, 0.25) is 11.9 Å². The standard InChI is InChI=1S/C26H33N7O/c1-18-13-20-14-27-26(28-15-21-9-12-32(3)30-21)29-24(20)17-33(18)25(34)22-10-11-31(2)16-23(22)19-7-5-4-6-8-19/h4-9,12,14,18,22-23H,10-11,13,15-17H2,1-3H3,(H,27,28,29)/t18-,22-,23+/m0/s1. The SMILES string of the molecule is C[C@H]1Cc2cnc(NCc3ccn(C)n3)nc2CN1C(=O)[C@H]1CCN(C)C[C@@H]1c1ccccc1. The predicted molar refractivity (Wildman–Crippen MR) is 131 cm³/mol. The number of rotatable bonds is 5. The molecule has 1 N–H and O–H groups in total. The van der Waals surface area contributed by atoms with Gasteiger partial charge in [-0.2, -0.15) is 5.10 Å². The van der Waals surface area contributed by atoms with Crippen LogP contribution in [-0.4, -0.2) is 61.6 Å². The minimum absolute atomic E-state index is 0.00816. The molecule has 0 aliphatic carbocycles. The van der Waals surface area contributed by atoms with Crippen LogP contribution in [0.4, 0.5) is 5.95 Å². The molecule has 34 heavy (non-hydrogen) atoms. The number of fused-ring (bicyclic) bond motifs is 1. The fraction of sp³-hybridized carbons (Fsp3) is 0.462.